The summed E-state index contributed by atoms with van der Waals surface area (Å²) in [6.45, 7) is 1.79. The molecule has 1 aliphatic rings. The topological polar surface area (TPSA) is 85.2 Å². The van der Waals surface area contributed by atoms with Crippen molar-refractivity contribution in [2.24, 2.45) is 0 Å². The van der Waals surface area contributed by atoms with Gasteiger partial charge in [0, 0.05) is 13.1 Å². The number of ether oxygens (including phenoxy) is 1. The first-order valence-electron chi connectivity index (χ1n) is 4.57. The van der Waals surface area contributed by atoms with Crippen molar-refractivity contribution in [1.29, 1.82) is 0 Å². The number of rotatable bonds is 4. The van der Waals surface area contributed by atoms with Gasteiger partial charge in [-0.1, -0.05) is 6.92 Å². The predicted molar refractivity (Wildman–Crippen MR) is 52.4 cm³/mol. The fraction of sp³-hybridized carbons (Fsp3) is 1.00. The van der Waals surface area contributed by atoms with Gasteiger partial charge in [-0.05, 0) is 6.42 Å². The van der Waals surface area contributed by atoms with Gasteiger partial charge in [-0.3, -0.25) is 9.05 Å². The van der Waals surface area contributed by atoms with E-state index in [4.69, 9.17) is 22.0 Å². The van der Waals surface area contributed by atoms with Gasteiger partial charge in [-0.25, -0.2) is 4.57 Å². The number of hydrogen-bond donors (Lipinski definition) is 2. The van der Waals surface area contributed by atoms with Crippen molar-refractivity contribution in [3.63, 3.8) is 0 Å². The SMILES string of the molecule is [B][C@@H]1O[C@H](CC)C(OP(=O)(O)OC)[C@@H]1O. The highest BCUT2D eigenvalue weighted by Gasteiger charge is 2.44. The van der Waals surface area contributed by atoms with Crippen molar-refractivity contribution >= 4 is 15.7 Å². The third-order valence-corrected chi connectivity index (χ3v) is 3.23. The lowest BCUT2D eigenvalue weighted by atomic mass is 9.93. The second kappa shape index (κ2) is 4.95. The first-order valence-corrected chi connectivity index (χ1v) is 6.07. The third-order valence-electron chi connectivity index (χ3n) is 2.26. The molecule has 1 heterocycles. The Labute approximate surface area is 89.6 Å². The van der Waals surface area contributed by atoms with Gasteiger partial charge in [0.2, 0.25) is 0 Å². The van der Waals surface area contributed by atoms with E-state index < -0.39 is 32.1 Å². The summed E-state index contributed by atoms with van der Waals surface area (Å²) in [5.74, 6) is 0. The van der Waals surface area contributed by atoms with E-state index in [2.05, 4.69) is 4.52 Å². The average molecular weight is 236 g/mol. The molecule has 0 aromatic heterocycles. The van der Waals surface area contributed by atoms with Crippen LogP contribution in [0.25, 0.3) is 0 Å². The number of hydrogen-bond acceptors (Lipinski definition) is 5. The van der Waals surface area contributed by atoms with Gasteiger partial charge in [0.1, 0.15) is 20.1 Å². The minimum atomic E-state index is -4.13. The van der Waals surface area contributed by atoms with E-state index in [0.29, 0.717) is 6.42 Å². The van der Waals surface area contributed by atoms with Gasteiger partial charge in [-0.2, -0.15) is 0 Å². The molecule has 1 saturated heterocycles. The number of aliphatic hydroxyl groups excluding tert-OH is 1. The molecule has 15 heavy (non-hydrogen) atoms. The van der Waals surface area contributed by atoms with Crippen molar-refractivity contribution in [3.05, 3.63) is 0 Å². The highest BCUT2D eigenvalue weighted by molar-refractivity contribution is 7.47. The molecule has 5 atom stereocenters. The molecule has 2 N–H and O–H groups in total. The molecule has 86 valence electrons. The van der Waals surface area contributed by atoms with Crippen LogP contribution in [0.4, 0.5) is 0 Å². The van der Waals surface area contributed by atoms with E-state index >= 15 is 0 Å². The molecule has 2 radical (unpaired) electrons. The normalized spacial score (nSPS) is 40.3. The summed E-state index contributed by atoms with van der Waals surface area (Å²) < 4.78 is 25.3. The fourth-order valence-corrected chi connectivity index (χ4v) is 2.08. The molecule has 1 fully saturated rings. The molecule has 1 aliphatic heterocycles. The van der Waals surface area contributed by atoms with Crippen LogP contribution in [0.3, 0.4) is 0 Å². The summed E-state index contributed by atoms with van der Waals surface area (Å²) in [7, 11) is 2.34. The maximum atomic E-state index is 11.2. The van der Waals surface area contributed by atoms with Gasteiger partial charge in [0.15, 0.2) is 0 Å². The summed E-state index contributed by atoms with van der Waals surface area (Å²) in [5.41, 5.74) is 0. The molecule has 2 unspecified atom stereocenters. The van der Waals surface area contributed by atoms with Crippen molar-refractivity contribution in [1.82, 2.24) is 0 Å². The van der Waals surface area contributed by atoms with Gasteiger partial charge >= 0.3 is 7.82 Å². The average Bonchev–Trinajstić information content (AvgIpc) is 2.45. The Kier molecular flexibility index (Phi) is 4.34. The molecule has 6 nitrogen and oxygen atoms in total. The molecule has 0 spiro atoms. The Bertz CT molecular complexity index is 262. The lowest BCUT2D eigenvalue weighted by Gasteiger charge is -2.21. The zero-order valence-electron chi connectivity index (χ0n) is 8.57. The minimum Gasteiger partial charge on any atom is -0.388 e. The molecule has 1 rings (SSSR count). The van der Waals surface area contributed by atoms with E-state index in [9.17, 15) is 9.67 Å². The minimum absolute atomic E-state index is 0.509. The maximum absolute atomic E-state index is 11.2. The smallest absolute Gasteiger partial charge is 0.388 e. The van der Waals surface area contributed by atoms with Crippen LogP contribution in [0.15, 0.2) is 0 Å². The van der Waals surface area contributed by atoms with Gasteiger partial charge in [-0.15, -0.1) is 0 Å². The number of aliphatic hydroxyl groups is 1. The Hall–Kier alpha value is 0.0949. The lowest BCUT2D eigenvalue weighted by Crippen LogP contribution is -2.34. The van der Waals surface area contributed by atoms with E-state index in [1.54, 1.807) is 6.92 Å². The maximum Gasteiger partial charge on any atom is 0.472 e. The molecule has 0 bridgehead atoms. The number of phosphoric acid groups is 1. The summed E-state index contributed by atoms with van der Waals surface area (Å²) in [6.07, 6.45) is -2.07. The molecule has 8 heteroatoms. The van der Waals surface area contributed by atoms with E-state index in [1.165, 1.54) is 0 Å². The quantitative estimate of drug-likeness (QED) is 0.518. The Morgan fingerprint density at radius 2 is 2.20 bits per heavy atom. The Morgan fingerprint density at radius 3 is 2.67 bits per heavy atom. The zero-order valence-corrected chi connectivity index (χ0v) is 9.46. The van der Waals surface area contributed by atoms with E-state index in [0.717, 1.165) is 7.11 Å². The molecule has 0 saturated carbocycles. The number of phosphoric ester groups is 1. The molecule has 0 amide bonds. The van der Waals surface area contributed by atoms with Crippen molar-refractivity contribution in [2.75, 3.05) is 7.11 Å². The largest absolute Gasteiger partial charge is 0.472 e. The monoisotopic (exact) mass is 236 g/mol. The lowest BCUT2D eigenvalue weighted by molar-refractivity contribution is 0.0144. The summed E-state index contributed by atoms with van der Waals surface area (Å²) in [5, 5.41) is 9.56. The Morgan fingerprint density at radius 1 is 1.60 bits per heavy atom. The fourth-order valence-electron chi connectivity index (χ4n) is 1.42. The highest BCUT2D eigenvalue weighted by Crippen LogP contribution is 2.46. The van der Waals surface area contributed by atoms with Crippen LogP contribution < -0.4 is 0 Å². The molecule has 0 aromatic carbocycles. The molecular weight excluding hydrogens is 222 g/mol. The van der Waals surface area contributed by atoms with Gasteiger partial charge in [0.05, 0.1) is 6.10 Å². The van der Waals surface area contributed by atoms with Crippen LogP contribution in [0, 0.1) is 0 Å². The first-order chi connectivity index (χ1) is 6.91. The van der Waals surface area contributed by atoms with Crippen LogP contribution in [-0.4, -0.2) is 49.3 Å². The predicted octanol–water partition coefficient (Wildman–Crippen LogP) is -0.217. The van der Waals surface area contributed by atoms with Crippen LogP contribution in [-0.2, 0) is 18.3 Å². The van der Waals surface area contributed by atoms with Crippen molar-refractivity contribution < 1.29 is 28.3 Å². The second-order valence-corrected chi connectivity index (χ2v) is 4.77. The van der Waals surface area contributed by atoms with E-state index in [-0.39, 0.29) is 0 Å². The molecular formula is C7H14BO6P. The summed E-state index contributed by atoms with van der Waals surface area (Å²) in [6, 6.07) is -0.906. The Balaban J connectivity index is 2.70. The van der Waals surface area contributed by atoms with Crippen molar-refractivity contribution in [3.8, 4) is 0 Å². The van der Waals surface area contributed by atoms with Gasteiger partial charge in [0.25, 0.3) is 0 Å². The molecule has 0 aromatic rings. The van der Waals surface area contributed by atoms with Crippen LogP contribution in [0.2, 0.25) is 0 Å². The van der Waals surface area contributed by atoms with Crippen LogP contribution in [0.1, 0.15) is 13.3 Å². The standard InChI is InChI=1S/C7H14BO6P/c1-3-4-6(5(9)7(8)13-4)14-15(10,11)12-2/h4-7,9H,3H2,1-2H3,(H,10,11)/t4-,5+,6?,7-/m1/s1. The van der Waals surface area contributed by atoms with Gasteiger partial charge < -0.3 is 14.7 Å². The summed E-state index contributed by atoms with van der Waals surface area (Å²) in [4.78, 5) is 9.10. The first kappa shape index (κ1) is 13.2. The van der Waals surface area contributed by atoms with Crippen LogP contribution in [0.5, 0.6) is 0 Å². The van der Waals surface area contributed by atoms with Crippen molar-refractivity contribution in [2.45, 2.75) is 37.7 Å². The highest BCUT2D eigenvalue weighted by atomic mass is 31.2. The van der Waals surface area contributed by atoms with Crippen LogP contribution >= 0.6 is 7.82 Å². The third kappa shape index (κ3) is 3.03. The second-order valence-electron chi connectivity index (χ2n) is 3.26. The van der Waals surface area contributed by atoms with E-state index in [1.807, 2.05) is 0 Å². The molecule has 0 aliphatic carbocycles. The summed E-state index contributed by atoms with van der Waals surface area (Å²) >= 11 is 0. The zero-order chi connectivity index (χ0) is 11.6.